The van der Waals surface area contributed by atoms with Crippen LogP contribution in [0.3, 0.4) is 0 Å². The van der Waals surface area contributed by atoms with E-state index < -0.39 is 11.0 Å². The second-order valence-corrected chi connectivity index (χ2v) is 3.35. The molecule has 1 aliphatic heterocycles. The van der Waals surface area contributed by atoms with Crippen molar-refractivity contribution in [3.05, 3.63) is 0 Å². The predicted molar refractivity (Wildman–Crippen MR) is 45.6 cm³/mol. The van der Waals surface area contributed by atoms with E-state index in [1.807, 2.05) is 0 Å². The number of nitrogens with one attached hydrogen (secondary N) is 1. The van der Waals surface area contributed by atoms with Crippen molar-refractivity contribution in [2.75, 3.05) is 39.3 Å². The summed E-state index contributed by atoms with van der Waals surface area (Å²) in [6.07, 6.45) is 0. The molecule has 0 unspecified atom stereocenters. The van der Waals surface area contributed by atoms with Crippen molar-refractivity contribution >= 4 is 11.0 Å². The van der Waals surface area contributed by atoms with Crippen molar-refractivity contribution in [2.24, 2.45) is 0 Å². The van der Waals surface area contributed by atoms with Gasteiger partial charge in [0.15, 0.2) is 0 Å². The second-order valence-electron chi connectivity index (χ2n) is 2.65. The maximum atomic E-state index is 10.0. The van der Waals surface area contributed by atoms with Gasteiger partial charge in [0.25, 0.3) is 11.0 Å². The number of hydrogen-bond acceptors (Lipinski definition) is 5. The fourth-order valence-electron chi connectivity index (χ4n) is 1.18. The zero-order valence-corrected chi connectivity index (χ0v) is 7.76. The summed E-state index contributed by atoms with van der Waals surface area (Å²) in [5.41, 5.74) is 0. The summed E-state index contributed by atoms with van der Waals surface area (Å²) in [7, 11) is -2.67. The summed E-state index contributed by atoms with van der Waals surface area (Å²) in [5, 5.41) is 3.21. The molecule has 0 atom stereocenters. The van der Waals surface area contributed by atoms with Crippen LogP contribution >= 0.6 is 0 Å². The van der Waals surface area contributed by atoms with E-state index in [0.717, 1.165) is 26.2 Å². The van der Waals surface area contributed by atoms with E-state index in [0.29, 0.717) is 6.54 Å². The van der Waals surface area contributed by atoms with Crippen molar-refractivity contribution in [3.63, 3.8) is 0 Å². The Morgan fingerprint density at radius 3 is 2.58 bits per heavy atom. The van der Waals surface area contributed by atoms with Crippen molar-refractivity contribution < 1.29 is 12.6 Å². The molecule has 0 aliphatic carbocycles. The minimum Gasteiger partial charge on any atom is -0.314 e. The molecule has 0 aromatic rings. The molecule has 0 amide bonds. The quantitative estimate of drug-likeness (QED) is 0.530. The van der Waals surface area contributed by atoms with Gasteiger partial charge in [0.1, 0.15) is 0 Å². The fraction of sp³-hybridized carbons (Fsp3) is 1.00. The van der Waals surface area contributed by atoms with Gasteiger partial charge in [0.05, 0.1) is 6.61 Å². The Hall–Kier alpha value is -0.170. The lowest BCUT2D eigenvalue weighted by Crippen LogP contribution is -2.44. The first-order valence-corrected chi connectivity index (χ1v) is 5.09. The van der Waals surface area contributed by atoms with Gasteiger partial charge in [-0.05, 0) is 0 Å². The smallest absolute Gasteiger partial charge is 0.257 e. The minimum atomic E-state index is -2.67. The van der Waals surface area contributed by atoms with Crippen LogP contribution in [0.1, 0.15) is 0 Å². The van der Waals surface area contributed by atoms with Crippen molar-refractivity contribution in [3.8, 4) is 0 Å². The van der Waals surface area contributed by atoms with Crippen LogP contribution in [0.4, 0.5) is 0 Å². The molecule has 12 heavy (non-hydrogen) atoms. The molecule has 1 fully saturated rings. The van der Waals surface area contributed by atoms with Gasteiger partial charge in [0, 0.05) is 32.7 Å². The summed E-state index contributed by atoms with van der Waals surface area (Å²) in [4.78, 5) is 2.18. The molecular weight excluding hydrogens is 180 g/mol. The highest BCUT2D eigenvalue weighted by molar-refractivity contribution is 7.67. The van der Waals surface area contributed by atoms with Crippen LogP contribution in [-0.2, 0) is 15.2 Å². The second kappa shape index (κ2) is 5.47. The lowest BCUT2D eigenvalue weighted by molar-refractivity contribution is 0.197. The van der Waals surface area contributed by atoms with E-state index in [-0.39, 0.29) is 6.61 Å². The van der Waals surface area contributed by atoms with Crippen LogP contribution < -0.4 is 5.32 Å². The molecule has 0 spiro atoms. The molecule has 5 nitrogen and oxygen atoms in total. The third-order valence-electron chi connectivity index (χ3n) is 1.81. The summed E-state index contributed by atoms with van der Waals surface area (Å²) in [5.74, 6) is 0. The molecule has 0 saturated carbocycles. The third kappa shape index (κ3) is 4.01. The van der Waals surface area contributed by atoms with Gasteiger partial charge in [-0.1, -0.05) is 0 Å². The van der Waals surface area contributed by atoms with Crippen molar-refractivity contribution in [1.82, 2.24) is 10.2 Å². The zero-order chi connectivity index (χ0) is 8.81. The largest absolute Gasteiger partial charge is 0.314 e. The molecule has 0 aromatic heterocycles. The number of rotatable bonds is 4. The molecule has 1 saturated heterocycles. The first-order valence-electron chi connectivity index (χ1n) is 3.99. The first-order chi connectivity index (χ1) is 5.79. The normalized spacial score (nSPS) is 20.1. The van der Waals surface area contributed by atoms with Crippen LogP contribution in [0.15, 0.2) is 0 Å². The lowest BCUT2D eigenvalue weighted by Gasteiger charge is -2.26. The number of nitrogens with zero attached hydrogens (tertiary/aromatic N) is 1. The Kier molecular flexibility index (Phi) is 4.52. The first kappa shape index (κ1) is 9.91. The van der Waals surface area contributed by atoms with Gasteiger partial charge in [-0.3, -0.25) is 9.08 Å². The van der Waals surface area contributed by atoms with Gasteiger partial charge < -0.3 is 5.32 Å². The maximum absolute atomic E-state index is 10.0. The Labute approximate surface area is 73.8 Å². The molecule has 6 heteroatoms. The lowest BCUT2D eigenvalue weighted by atomic mass is 10.4. The highest BCUT2D eigenvalue weighted by Crippen LogP contribution is 1.91. The number of thiol groups is 1. The average Bonchev–Trinajstić information content (AvgIpc) is 2.05. The molecule has 1 heterocycles. The monoisotopic (exact) mass is 194 g/mol. The molecule has 1 N–H and O–H groups in total. The van der Waals surface area contributed by atoms with Gasteiger partial charge in [-0.25, -0.2) is 8.42 Å². The summed E-state index contributed by atoms with van der Waals surface area (Å²) < 4.78 is 24.5. The van der Waals surface area contributed by atoms with Crippen LogP contribution in [0.5, 0.6) is 0 Å². The van der Waals surface area contributed by atoms with E-state index >= 15 is 0 Å². The van der Waals surface area contributed by atoms with Gasteiger partial charge in [-0.15, -0.1) is 0 Å². The summed E-state index contributed by atoms with van der Waals surface area (Å²) in [6, 6.07) is 0. The third-order valence-corrected chi connectivity index (χ3v) is 2.21. The molecule has 0 aromatic carbocycles. The Bertz CT molecular complexity index is 181. The topological polar surface area (TPSA) is 58.6 Å². The van der Waals surface area contributed by atoms with E-state index in [1.165, 1.54) is 0 Å². The van der Waals surface area contributed by atoms with E-state index in [4.69, 9.17) is 0 Å². The Morgan fingerprint density at radius 2 is 2.00 bits per heavy atom. The molecule has 1 rings (SSSR count). The minimum absolute atomic E-state index is 0.276. The van der Waals surface area contributed by atoms with Crippen LogP contribution in [-0.4, -0.2) is 52.6 Å². The van der Waals surface area contributed by atoms with E-state index in [2.05, 4.69) is 14.4 Å². The summed E-state index contributed by atoms with van der Waals surface area (Å²) >= 11 is 0. The average molecular weight is 194 g/mol. The summed E-state index contributed by atoms with van der Waals surface area (Å²) in [6.45, 7) is 4.87. The predicted octanol–water partition coefficient (Wildman–Crippen LogP) is -1.57. The molecule has 0 radical (unpaired) electrons. The highest BCUT2D eigenvalue weighted by Gasteiger charge is 2.08. The van der Waals surface area contributed by atoms with Gasteiger partial charge in [0.2, 0.25) is 0 Å². The fourth-order valence-corrected chi connectivity index (χ4v) is 1.41. The van der Waals surface area contributed by atoms with E-state index in [1.54, 1.807) is 0 Å². The van der Waals surface area contributed by atoms with Gasteiger partial charge in [-0.2, -0.15) is 0 Å². The molecule has 0 bridgehead atoms. The van der Waals surface area contributed by atoms with Crippen molar-refractivity contribution in [1.29, 1.82) is 0 Å². The zero-order valence-electron chi connectivity index (χ0n) is 6.86. The number of hydrogen-bond donors (Lipinski definition) is 2. The molecule has 1 aliphatic rings. The van der Waals surface area contributed by atoms with Crippen LogP contribution in [0.25, 0.3) is 0 Å². The van der Waals surface area contributed by atoms with Gasteiger partial charge >= 0.3 is 0 Å². The Balaban J connectivity index is 2.05. The molecular formula is C6H14N2O3S. The maximum Gasteiger partial charge on any atom is 0.257 e. The number of piperazine rings is 1. The highest BCUT2D eigenvalue weighted by atomic mass is 32.2. The SMILES string of the molecule is O=[SH](=O)OCCN1CCNCC1. The van der Waals surface area contributed by atoms with Crippen molar-refractivity contribution in [2.45, 2.75) is 0 Å². The standard InChI is InChI=1S/C6H14N2O3S/c9-12(10)11-6-5-8-3-1-7-2-4-8/h7,12H,1-6H2. The van der Waals surface area contributed by atoms with E-state index in [9.17, 15) is 8.42 Å². The molecule has 72 valence electrons. The van der Waals surface area contributed by atoms with Crippen LogP contribution in [0.2, 0.25) is 0 Å². The Morgan fingerprint density at radius 1 is 1.33 bits per heavy atom. The van der Waals surface area contributed by atoms with Crippen LogP contribution in [0, 0.1) is 0 Å².